The quantitative estimate of drug-likeness (QED) is 0.791. The lowest BCUT2D eigenvalue weighted by Gasteiger charge is -2.39. The molecular weight excluding hydrogens is 288 g/mol. The van der Waals surface area contributed by atoms with Crippen molar-refractivity contribution in [2.75, 3.05) is 24.5 Å². The molecule has 0 amide bonds. The highest BCUT2D eigenvalue weighted by atomic mass is 79.9. The number of hydrogen-bond donors (Lipinski definition) is 1. The van der Waals surface area contributed by atoms with Crippen molar-refractivity contribution in [1.29, 1.82) is 0 Å². The van der Waals surface area contributed by atoms with Gasteiger partial charge in [0.25, 0.3) is 0 Å². The van der Waals surface area contributed by atoms with Crippen molar-refractivity contribution in [1.82, 2.24) is 5.32 Å². The van der Waals surface area contributed by atoms with E-state index in [1.54, 1.807) is 11.3 Å². The molecule has 1 aromatic rings. The van der Waals surface area contributed by atoms with Crippen LogP contribution in [0.2, 0.25) is 0 Å². The van der Waals surface area contributed by atoms with Crippen molar-refractivity contribution in [2.24, 2.45) is 5.92 Å². The van der Waals surface area contributed by atoms with Gasteiger partial charge in [-0.3, -0.25) is 0 Å². The zero-order chi connectivity index (χ0) is 12.1. The number of fused-ring (bicyclic) bond motifs is 2. The summed E-state index contributed by atoms with van der Waals surface area (Å²) in [6, 6.07) is 4.69. The minimum Gasteiger partial charge on any atom is -0.369 e. The van der Waals surface area contributed by atoms with Crippen LogP contribution in [0.1, 0.15) is 36.3 Å². The van der Waals surface area contributed by atoms with Crippen molar-refractivity contribution in [3.8, 4) is 0 Å². The first-order valence-electron chi connectivity index (χ1n) is 7.11. The van der Waals surface area contributed by atoms with Gasteiger partial charge in [0.15, 0.2) is 0 Å². The first kappa shape index (κ1) is 11.3. The molecule has 1 aromatic carbocycles. The van der Waals surface area contributed by atoms with Crippen molar-refractivity contribution < 1.29 is 0 Å². The van der Waals surface area contributed by atoms with Gasteiger partial charge in [-0.05, 0) is 47.9 Å². The Morgan fingerprint density at radius 1 is 1.28 bits per heavy atom. The molecule has 3 aliphatic rings. The molecule has 4 rings (SSSR count). The van der Waals surface area contributed by atoms with Gasteiger partial charge in [0.05, 0.1) is 0 Å². The third kappa shape index (κ3) is 1.64. The van der Waals surface area contributed by atoms with Gasteiger partial charge in [0, 0.05) is 36.3 Å². The summed E-state index contributed by atoms with van der Waals surface area (Å²) >= 11 is 3.70. The second-order valence-corrected chi connectivity index (χ2v) is 6.84. The molecule has 2 unspecified atom stereocenters. The summed E-state index contributed by atoms with van der Waals surface area (Å²) in [6.45, 7) is 4.59. The summed E-state index contributed by atoms with van der Waals surface area (Å²) in [6.07, 6.45) is 4.24. The van der Waals surface area contributed by atoms with Gasteiger partial charge in [0.2, 0.25) is 0 Å². The number of anilines is 1. The Kier molecular flexibility index (Phi) is 2.66. The maximum absolute atomic E-state index is 3.70. The molecule has 0 spiro atoms. The first-order chi connectivity index (χ1) is 8.83. The Balaban J connectivity index is 1.91. The van der Waals surface area contributed by atoms with E-state index in [1.165, 1.54) is 42.4 Å². The fourth-order valence-electron chi connectivity index (χ4n) is 4.16. The number of nitrogens with one attached hydrogen (secondary N) is 1. The molecule has 1 aliphatic carbocycles. The van der Waals surface area contributed by atoms with Crippen LogP contribution >= 0.6 is 15.9 Å². The number of nitrogens with zero attached hydrogens (tertiary/aromatic N) is 1. The standard InChI is InChI=1S/C15H19BrN2/c16-12-6-11-8-17-4-5-18-9-10-2-1-3-13(10)14(7-12)15(11)18/h6-7,10,13,17H,1-5,8-9H2. The fourth-order valence-corrected chi connectivity index (χ4v) is 4.68. The summed E-state index contributed by atoms with van der Waals surface area (Å²) in [5.74, 6) is 1.73. The summed E-state index contributed by atoms with van der Waals surface area (Å²) in [5, 5.41) is 3.55. The van der Waals surface area contributed by atoms with Crippen LogP contribution in [0.4, 0.5) is 5.69 Å². The topological polar surface area (TPSA) is 15.3 Å². The average molecular weight is 307 g/mol. The number of benzene rings is 1. The monoisotopic (exact) mass is 306 g/mol. The zero-order valence-corrected chi connectivity index (χ0v) is 12.2. The van der Waals surface area contributed by atoms with Gasteiger partial charge in [0.1, 0.15) is 0 Å². The lowest BCUT2D eigenvalue weighted by Crippen LogP contribution is -2.38. The van der Waals surface area contributed by atoms with Crippen LogP contribution < -0.4 is 10.2 Å². The van der Waals surface area contributed by atoms with Crippen molar-refractivity contribution in [3.05, 3.63) is 27.7 Å². The predicted molar refractivity (Wildman–Crippen MR) is 78.1 cm³/mol. The Hall–Kier alpha value is -0.540. The van der Waals surface area contributed by atoms with Gasteiger partial charge in [-0.25, -0.2) is 0 Å². The Morgan fingerprint density at radius 2 is 2.22 bits per heavy atom. The van der Waals surface area contributed by atoms with E-state index in [1.807, 2.05) is 0 Å². The maximum Gasteiger partial charge on any atom is 0.0448 e. The molecule has 1 saturated carbocycles. The van der Waals surface area contributed by atoms with Crippen LogP contribution in [0.3, 0.4) is 0 Å². The molecule has 1 fully saturated rings. The van der Waals surface area contributed by atoms with E-state index in [0.717, 1.165) is 24.9 Å². The highest BCUT2D eigenvalue weighted by Gasteiger charge is 2.38. The third-order valence-electron chi connectivity index (χ3n) is 4.89. The maximum atomic E-state index is 3.70. The van der Waals surface area contributed by atoms with Gasteiger partial charge < -0.3 is 10.2 Å². The van der Waals surface area contributed by atoms with Gasteiger partial charge >= 0.3 is 0 Å². The van der Waals surface area contributed by atoms with Crippen LogP contribution in [-0.2, 0) is 6.54 Å². The smallest absolute Gasteiger partial charge is 0.0448 e. The fraction of sp³-hybridized carbons (Fsp3) is 0.600. The number of halogens is 1. The summed E-state index contributed by atoms with van der Waals surface area (Å²) < 4.78 is 1.26. The van der Waals surface area contributed by atoms with Crippen LogP contribution in [0.5, 0.6) is 0 Å². The largest absolute Gasteiger partial charge is 0.369 e. The lowest BCUT2D eigenvalue weighted by atomic mass is 9.82. The minimum absolute atomic E-state index is 0.825. The van der Waals surface area contributed by atoms with E-state index >= 15 is 0 Å². The van der Waals surface area contributed by atoms with Gasteiger partial charge in [-0.15, -0.1) is 0 Å². The molecule has 2 atom stereocenters. The van der Waals surface area contributed by atoms with E-state index in [0.29, 0.717) is 0 Å². The molecule has 0 bridgehead atoms. The highest BCUT2D eigenvalue weighted by molar-refractivity contribution is 9.10. The summed E-state index contributed by atoms with van der Waals surface area (Å²) in [4.78, 5) is 2.64. The predicted octanol–water partition coefficient (Wildman–Crippen LogP) is 3.26. The lowest BCUT2D eigenvalue weighted by molar-refractivity contribution is 0.454. The molecule has 96 valence electrons. The summed E-state index contributed by atoms with van der Waals surface area (Å²) in [7, 11) is 0. The molecule has 1 N–H and O–H groups in total. The third-order valence-corrected chi connectivity index (χ3v) is 5.34. The number of rotatable bonds is 0. The SMILES string of the molecule is Brc1cc2c3c(c1)C1CCCC1CN3CCNC2. The van der Waals surface area contributed by atoms with Crippen LogP contribution in [0.15, 0.2) is 16.6 Å². The van der Waals surface area contributed by atoms with Crippen molar-refractivity contribution in [3.63, 3.8) is 0 Å². The first-order valence-corrected chi connectivity index (χ1v) is 7.90. The van der Waals surface area contributed by atoms with Crippen molar-refractivity contribution in [2.45, 2.75) is 31.7 Å². The molecule has 0 radical (unpaired) electrons. The Labute approximate surface area is 117 Å². The second-order valence-electron chi connectivity index (χ2n) is 5.92. The normalized spacial score (nSPS) is 29.7. The molecule has 18 heavy (non-hydrogen) atoms. The van der Waals surface area contributed by atoms with E-state index in [9.17, 15) is 0 Å². The van der Waals surface area contributed by atoms with E-state index < -0.39 is 0 Å². The molecule has 3 heteroatoms. The highest BCUT2D eigenvalue weighted by Crippen LogP contribution is 2.49. The molecule has 2 nitrogen and oxygen atoms in total. The van der Waals surface area contributed by atoms with Crippen LogP contribution in [-0.4, -0.2) is 19.6 Å². The second kappa shape index (κ2) is 4.24. The summed E-state index contributed by atoms with van der Waals surface area (Å²) in [5.41, 5.74) is 4.67. The van der Waals surface area contributed by atoms with Gasteiger partial charge in [-0.2, -0.15) is 0 Å². The van der Waals surface area contributed by atoms with Crippen LogP contribution in [0, 0.1) is 5.92 Å². The van der Waals surface area contributed by atoms with Crippen molar-refractivity contribution >= 4 is 21.6 Å². The molecule has 0 saturated heterocycles. The Bertz CT molecular complexity index is 486. The zero-order valence-electron chi connectivity index (χ0n) is 10.6. The molecule has 2 heterocycles. The Morgan fingerprint density at radius 3 is 3.17 bits per heavy atom. The minimum atomic E-state index is 0.825. The van der Waals surface area contributed by atoms with E-state index in [-0.39, 0.29) is 0 Å². The van der Waals surface area contributed by atoms with E-state index in [2.05, 4.69) is 38.3 Å². The number of hydrogen-bond acceptors (Lipinski definition) is 2. The van der Waals surface area contributed by atoms with Gasteiger partial charge in [-0.1, -0.05) is 22.4 Å². The van der Waals surface area contributed by atoms with Crippen LogP contribution in [0.25, 0.3) is 0 Å². The van der Waals surface area contributed by atoms with E-state index in [4.69, 9.17) is 0 Å². The molecule has 2 aliphatic heterocycles. The molecular formula is C15H19BrN2. The average Bonchev–Trinajstić information content (AvgIpc) is 2.73. The molecule has 0 aromatic heterocycles.